The number of aliphatic imine (C=N–C) groups is 1. The van der Waals surface area contributed by atoms with Gasteiger partial charge in [0.05, 0.1) is 3.72 Å². The molecule has 0 spiro atoms. The fourth-order valence-electron chi connectivity index (χ4n) is 1.05. The zero-order valence-electron chi connectivity index (χ0n) is 7.67. The molecule has 0 fully saturated rings. The summed E-state index contributed by atoms with van der Waals surface area (Å²) in [4.78, 5) is 4.40. The van der Waals surface area contributed by atoms with Gasteiger partial charge in [0, 0.05) is 6.54 Å². The lowest BCUT2D eigenvalue weighted by Gasteiger charge is -1.91. The molecule has 0 saturated carbocycles. The fourth-order valence-corrected chi connectivity index (χ4v) is 1.48. The summed E-state index contributed by atoms with van der Waals surface area (Å²) >= 11 is 2.25. The van der Waals surface area contributed by atoms with Gasteiger partial charge in [0.2, 0.25) is 0 Å². The molecule has 0 aromatic carbocycles. The third-order valence-corrected chi connectivity index (χ3v) is 2.50. The Morgan fingerprint density at radius 2 is 2.15 bits per heavy atom. The maximum atomic E-state index is 4.40. The monoisotopic (exact) mass is 287 g/mol. The van der Waals surface area contributed by atoms with Crippen molar-refractivity contribution in [2.24, 2.45) is 4.99 Å². The van der Waals surface area contributed by atoms with Gasteiger partial charge in [-0.15, -0.1) is 0 Å². The number of rotatable bonds is 0. The Kier molecular flexibility index (Phi) is 5.05. The first-order valence-electron chi connectivity index (χ1n) is 4.50. The Hall–Kier alpha value is -0.380. The summed E-state index contributed by atoms with van der Waals surface area (Å²) in [5, 5.41) is 0. The lowest BCUT2D eigenvalue weighted by atomic mass is 10.2. The molecule has 1 aliphatic rings. The van der Waals surface area contributed by atoms with E-state index in [0.717, 1.165) is 35.1 Å². The molecule has 0 saturated heterocycles. The van der Waals surface area contributed by atoms with E-state index in [1.54, 1.807) is 0 Å². The van der Waals surface area contributed by atoms with Gasteiger partial charge >= 0.3 is 0 Å². The number of allylic oxidation sites excluding steroid dienone is 5. The second-order valence-corrected chi connectivity index (χ2v) is 4.12. The van der Waals surface area contributed by atoms with Crippen molar-refractivity contribution in [2.75, 3.05) is 6.54 Å². The van der Waals surface area contributed by atoms with Crippen LogP contribution >= 0.6 is 22.6 Å². The Morgan fingerprint density at radius 1 is 1.31 bits per heavy atom. The van der Waals surface area contributed by atoms with Gasteiger partial charge in [-0.3, -0.25) is 4.99 Å². The van der Waals surface area contributed by atoms with E-state index in [9.17, 15) is 0 Å². The molecule has 0 unspecified atom stereocenters. The molecule has 2 heteroatoms. The second-order valence-electron chi connectivity index (χ2n) is 3.01. The summed E-state index contributed by atoms with van der Waals surface area (Å²) in [7, 11) is 0. The highest BCUT2D eigenvalue weighted by Gasteiger charge is 1.91. The van der Waals surface area contributed by atoms with Gasteiger partial charge < -0.3 is 0 Å². The van der Waals surface area contributed by atoms with E-state index >= 15 is 0 Å². The van der Waals surface area contributed by atoms with Crippen molar-refractivity contribution in [1.82, 2.24) is 0 Å². The lowest BCUT2D eigenvalue weighted by molar-refractivity contribution is 0.857. The third-order valence-electron chi connectivity index (χ3n) is 1.80. The van der Waals surface area contributed by atoms with Crippen LogP contribution in [-0.2, 0) is 0 Å². The van der Waals surface area contributed by atoms with E-state index < -0.39 is 0 Å². The molecule has 0 atom stereocenters. The number of nitrogens with zero attached hydrogens (tertiary/aromatic N) is 1. The highest BCUT2D eigenvalue weighted by Crippen LogP contribution is 2.06. The topological polar surface area (TPSA) is 12.4 Å². The Labute approximate surface area is 93.5 Å². The van der Waals surface area contributed by atoms with Crippen molar-refractivity contribution >= 4 is 26.3 Å². The molecular formula is C11H14IN. The zero-order valence-corrected chi connectivity index (χ0v) is 9.83. The molecule has 0 aromatic rings. The average molecular weight is 287 g/mol. The van der Waals surface area contributed by atoms with Gasteiger partial charge in [-0.25, -0.2) is 0 Å². The fraction of sp³-hybridized carbons (Fsp3) is 0.364. The quantitative estimate of drug-likeness (QED) is 0.476. The van der Waals surface area contributed by atoms with Crippen molar-refractivity contribution in [3.63, 3.8) is 0 Å². The minimum Gasteiger partial charge on any atom is -0.279 e. The van der Waals surface area contributed by atoms with Crippen molar-refractivity contribution in [1.29, 1.82) is 0 Å². The van der Waals surface area contributed by atoms with Crippen LogP contribution in [0.4, 0.5) is 0 Å². The maximum absolute atomic E-state index is 4.40. The van der Waals surface area contributed by atoms with Crippen molar-refractivity contribution < 1.29 is 0 Å². The molecule has 13 heavy (non-hydrogen) atoms. The highest BCUT2D eigenvalue weighted by atomic mass is 127. The van der Waals surface area contributed by atoms with Crippen LogP contribution in [0.1, 0.15) is 19.3 Å². The van der Waals surface area contributed by atoms with E-state index in [0.29, 0.717) is 0 Å². The summed E-state index contributed by atoms with van der Waals surface area (Å²) in [5.41, 5.74) is 1.14. The van der Waals surface area contributed by atoms with E-state index in [4.69, 9.17) is 0 Å². The molecule has 0 aliphatic carbocycles. The van der Waals surface area contributed by atoms with Crippen LogP contribution in [-0.4, -0.2) is 10.3 Å². The SMILES string of the molecule is C=C1/C=C\C(I)=NCCC/C=C\C1. The first-order chi connectivity index (χ1) is 6.29. The molecule has 0 bridgehead atoms. The standard InChI is InChI=1S/C11H14IN/c1-10-6-4-2-3-5-9-13-11(12)8-7-10/h2,4,7-8H,1,3,5-6,9H2/b4-2-,8-7-,13-11?. The lowest BCUT2D eigenvalue weighted by Crippen LogP contribution is -1.84. The van der Waals surface area contributed by atoms with Crippen LogP contribution < -0.4 is 0 Å². The highest BCUT2D eigenvalue weighted by molar-refractivity contribution is 14.1. The number of hydrogen-bond acceptors (Lipinski definition) is 1. The summed E-state index contributed by atoms with van der Waals surface area (Å²) < 4.78 is 1.07. The summed E-state index contributed by atoms with van der Waals surface area (Å²) in [5.74, 6) is 0. The molecule has 0 radical (unpaired) electrons. The average Bonchev–Trinajstić information content (AvgIpc) is 2.15. The van der Waals surface area contributed by atoms with Crippen LogP contribution in [0.3, 0.4) is 0 Å². The van der Waals surface area contributed by atoms with E-state index in [2.05, 4.69) is 46.3 Å². The first kappa shape index (κ1) is 10.7. The van der Waals surface area contributed by atoms with Gasteiger partial charge in [0.15, 0.2) is 0 Å². The molecular weight excluding hydrogens is 273 g/mol. The Bertz CT molecular complexity index is 261. The van der Waals surface area contributed by atoms with E-state index in [1.165, 1.54) is 0 Å². The van der Waals surface area contributed by atoms with Crippen molar-refractivity contribution in [3.05, 3.63) is 36.5 Å². The third kappa shape index (κ3) is 5.03. The van der Waals surface area contributed by atoms with Crippen LogP contribution in [0.25, 0.3) is 0 Å². The van der Waals surface area contributed by atoms with E-state index in [1.807, 2.05) is 12.2 Å². The smallest absolute Gasteiger partial charge is 0.0953 e. The molecule has 0 N–H and O–H groups in total. The largest absolute Gasteiger partial charge is 0.279 e. The summed E-state index contributed by atoms with van der Waals surface area (Å²) in [6.07, 6.45) is 11.7. The minimum atomic E-state index is 0.930. The van der Waals surface area contributed by atoms with Gasteiger partial charge in [0.25, 0.3) is 0 Å². The molecule has 1 rings (SSSR count). The normalized spacial score (nSPS) is 24.4. The second kappa shape index (κ2) is 6.13. The minimum absolute atomic E-state index is 0.930. The van der Waals surface area contributed by atoms with Gasteiger partial charge in [-0.05, 0) is 47.9 Å². The summed E-state index contributed by atoms with van der Waals surface area (Å²) in [6, 6.07) is 0. The molecule has 1 nitrogen and oxygen atoms in total. The molecule has 1 heterocycles. The van der Waals surface area contributed by atoms with Crippen LogP contribution in [0.2, 0.25) is 0 Å². The van der Waals surface area contributed by atoms with Gasteiger partial charge in [0.1, 0.15) is 0 Å². The van der Waals surface area contributed by atoms with Gasteiger partial charge in [-0.2, -0.15) is 0 Å². The Balaban J connectivity index is 2.63. The molecule has 0 amide bonds. The predicted octanol–water partition coefficient (Wildman–Crippen LogP) is 3.67. The molecule has 1 aliphatic heterocycles. The van der Waals surface area contributed by atoms with Gasteiger partial charge in [-0.1, -0.05) is 30.4 Å². The molecule has 0 aromatic heterocycles. The predicted molar refractivity (Wildman–Crippen MR) is 67.6 cm³/mol. The van der Waals surface area contributed by atoms with Crippen LogP contribution in [0.15, 0.2) is 41.4 Å². The number of halogens is 1. The maximum Gasteiger partial charge on any atom is 0.0953 e. The van der Waals surface area contributed by atoms with Crippen LogP contribution in [0, 0.1) is 0 Å². The van der Waals surface area contributed by atoms with Crippen molar-refractivity contribution in [3.8, 4) is 0 Å². The number of hydrogen-bond donors (Lipinski definition) is 0. The van der Waals surface area contributed by atoms with E-state index in [-0.39, 0.29) is 0 Å². The Morgan fingerprint density at radius 3 is 3.00 bits per heavy atom. The van der Waals surface area contributed by atoms with Crippen molar-refractivity contribution in [2.45, 2.75) is 19.3 Å². The zero-order chi connectivity index (χ0) is 9.52. The molecule has 70 valence electrons. The first-order valence-corrected chi connectivity index (χ1v) is 5.58. The van der Waals surface area contributed by atoms with Crippen LogP contribution in [0.5, 0.6) is 0 Å². The summed E-state index contributed by atoms with van der Waals surface area (Å²) in [6.45, 7) is 4.89.